The highest BCUT2D eigenvalue weighted by Crippen LogP contribution is 2.31. The van der Waals surface area contributed by atoms with Gasteiger partial charge in [0, 0.05) is 82.0 Å². The maximum absolute atomic E-state index is 12.7. The largest absolute Gasteiger partial charge is 0.477 e. The number of para-hydroxylation sites is 4. The molecule has 0 unspecified atom stereocenters. The van der Waals surface area contributed by atoms with Gasteiger partial charge in [0.2, 0.25) is 0 Å². The molecule has 0 bridgehead atoms. The summed E-state index contributed by atoms with van der Waals surface area (Å²) in [7, 11) is 0. The molecular weight excluding hydrogens is 745 g/mol. The van der Waals surface area contributed by atoms with E-state index < -0.39 is 5.97 Å². The number of nitrogens with zero attached hydrogens (tertiary/aromatic N) is 2. The molecule has 8 N–H and O–H groups in total. The van der Waals surface area contributed by atoms with E-state index in [4.69, 9.17) is 10.8 Å². The lowest BCUT2D eigenvalue weighted by atomic mass is 10.1. The summed E-state index contributed by atoms with van der Waals surface area (Å²) >= 11 is 0. The number of carboxylic acid groups (broad SMARTS) is 1. The van der Waals surface area contributed by atoms with E-state index in [1.807, 2.05) is 109 Å². The molecule has 0 spiro atoms. The van der Waals surface area contributed by atoms with Gasteiger partial charge in [0.25, 0.3) is 17.7 Å². The molecule has 0 fully saturated rings. The van der Waals surface area contributed by atoms with Crippen molar-refractivity contribution in [1.82, 2.24) is 30.6 Å². The highest BCUT2D eigenvalue weighted by Gasteiger charge is 2.23. The molecule has 2 aliphatic heterocycles. The van der Waals surface area contributed by atoms with Crippen LogP contribution in [0.15, 0.2) is 133 Å². The zero-order valence-corrected chi connectivity index (χ0v) is 31.6. The first kappa shape index (κ1) is 37.8. The minimum absolute atomic E-state index is 0.000914. The van der Waals surface area contributed by atoms with E-state index in [1.165, 1.54) is 6.07 Å². The Hall–Kier alpha value is -8.06. The van der Waals surface area contributed by atoms with Crippen LogP contribution in [0.5, 0.6) is 0 Å². The maximum atomic E-state index is 12.7. The number of aromatic nitrogens is 4. The van der Waals surface area contributed by atoms with Gasteiger partial charge in [0.15, 0.2) is 0 Å². The lowest BCUT2D eigenvalue weighted by Crippen LogP contribution is -2.31. The van der Waals surface area contributed by atoms with Gasteiger partial charge < -0.3 is 36.8 Å². The molecule has 2 aliphatic rings. The van der Waals surface area contributed by atoms with Gasteiger partial charge in [-0.15, -0.1) is 0 Å². The fourth-order valence-electron chi connectivity index (χ4n) is 7.02. The third kappa shape index (κ3) is 8.25. The first-order valence-corrected chi connectivity index (χ1v) is 18.9. The first-order valence-electron chi connectivity index (χ1n) is 18.9. The number of aromatic carboxylic acids is 1. The quantitative estimate of drug-likeness (QED) is 0.0883. The summed E-state index contributed by atoms with van der Waals surface area (Å²) in [6.07, 6.45) is 1.52. The van der Waals surface area contributed by atoms with Gasteiger partial charge in [-0.05, 0) is 48.5 Å². The summed E-state index contributed by atoms with van der Waals surface area (Å²) in [6, 6.07) is 40.8. The van der Waals surface area contributed by atoms with Gasteiger partial charge in [0.05, 0.1) is 22.2 Å². The molecule has 292 valence electrons. The molecule has 4 aromatic heterocycles. The van der Waals surface area contributed by atoms with Crippen LogP contribution in [0.4, 0.5) is 11.4 Å². The third-order valence-corrected chi connectivity index (χ3v) is 9.91. The van der Waals surface area contributed by atoms with Crippen molar-refractivity contribution in [2.75, 3.05) is 24.1 Å². The van der Waals surface area contributed by atoms with Crippen LogP contribution in [0.1, 0.15) is 53.1 Å². The first-order chi connectivity index (χ1) is 28.7. The zero-order valence-electron chi connectivity index (χ0n) is 31.6. The molecule has 13 nitrogen and oxygen atoms in total. The smallest absolute Gasteiger partial charge is 0.354 e. The minimum Gasteiger partial charge on any atom is -0.477 e. The van der Waals surface area contributed by atoms with E-state index in [0.29, 0.717) is 40.9 Å². The molecule has 0 radical (unpaired) electrons. The number of nitrogens with one attached hydrogen (secondary N) is 5. The lowest BCUT2D eigenvalue weighted by molar-refractivity contribution is 0.0690. The number of hydrogen-bond donors (Lipinski definition) is 7. The molecule has 0 saturated carbocycles. The number of nitrogen functional groups attached to an aromatic ring is 1. The lowest BCUT2D eigenvalue weighted by Gasteiger charge is -2.11. The van der Waals surface area contributed by atoms with Crippen molar-refractivity contribution in [3.63, 3.8) is 0 Å². The molecule has 6 heterocycles. The number of benzene rings is 4. The normalized spacial score (nSPS) is 12.7. The highest BCUT2D eigenvalue weighted by atomic mass is 16.4. The van der Waals surface area contributed by atoms with Crippen molar-refractivity contribution in [2.24, 2.45) is 0 Å². The number of rotatable bonds is 5. The van der Waals surface area contributed by atoms with Crippen LogP contribution < -0.4 is 21.7 Å². The summed E-state index contributed by atoms with van der Waals surface area (Å²) in [5.74, 6) is -1.48. The molecule has 59 heavy (non-hydrogen) atoms. The standard InChI is InChI=1S/C23H18N4O2.C17H13N3O3.C6H7N/c28-22-17-13-20(26-18(17)11-12-24-22)16-8-4-5-14-9-10-19(27-21(14)16)23(29)25-15-6-2-1-3-7-15;21-16-11-8-14(19-12(11)6-7-18-16)10-3-1-2-9-4-5-13(17(22)23)20-15(9)10;7-6-4-2-1-3-5-6/h1-10,13,26H,11-12H2,(H,24,28)(H,25,29);1-5,8,19H,6-7H2,(H,18,21)(H,22,23);1-5H,7H2. The van der Waals surface area contributed by atoms with E-state index in [0.717, 1.165) is 68.9 Å². The molecule has 0 aliphatic carbocycles. The zero-order chi connectivity index (χ0) is 40.9. The van der Waals surface area contributed by atoms with E-state index in [2.05, 4.69) is 35.9 Å². The van der Waals surface area contributed by atoms with E-state index in [-0.39, 0.29) is 23.4 Å². The summed E-state index contributed by atoms with van der Waals surface area (Å²) in [4.78, 5) is 63.4. The van der Waals surface area contributed by atoms with Gasteiger partial charge in [0.1, 0.15) is 11.4 Å². The van der Waals surface area contributed by atoms with Crippen LogP contribution in [-0.4, -0.2) is 61.8 Å². The second-order valence-electron chi connectivity index (χ2n) is 13.8. The summed E-state index contributed by atoms with van der Waals surface area (Å²) in [5, 5.41) is 19.5. The van der Waals surface area contributed by atoms with Crippen molar-refractivity contribution < 1.29 is 24.3 Å². The number of aromatic amines is 2. The van der Waals surface area contributed by atoms with Crippen molar-refractivity contribution in [3.8, 4) is 22.5 Å². The van der Waals surface area contributed by atoms with E-state index >= 15 is 0 Å². The number of hydrogen-bond acceptors (Lipinski definition) is 7. The molecule has 3 amide bonds. The summed E-state index contributed by atoms with van der Waals surface area (Å²) in [6.45, 7) is 1.24. The average molecular weight is 783 g/mol. The Labute approximate surface area is 337 Å². The Balaban J connectivity index is 0.000000144. The third-order valence-electron chi connectivity index (χ3n) is 9.91. The number of carbonyl (C=O) groups excluding carboxylic acids is 3. The number of carboxylic acids is 1. The predicted octanol–water partition coefficient (Wildman–Crippen LogP) is 7.25. The average Bonchev–Trinajstić information content (AvgIpc) is 3.91. The number of anilines is 2. The SMILES string of the molecule is Nc1ccccc1.O=C(Nc1ccccc1)c1ccc2cccc(-c3cc4c([nH]3)CCNC4=O)c2n1.O=C(O)c1ccc2cccc(-c3cc4c([nH]3)CCNC4=O)c2n1. The Morgan fingerprint density at radius 3 is 1.54 bits per heavy atom. The topological polar surface area (TPSA) is 208 Å². The number of pyridine rings is 2. The van der Waals surface area contributed by atoms with Crippen LogP contribution in [0.3, 0.4) is 0 Å². The predicted molar refractivity (Wildman–Crippen MR) is 227 cm³/mol. The van der Waals surface area contributed by atoms with Gasteiger partial charge in [-0.1, -0.05) is 84.9 Å². The van der Waals surface area contributed by atoms with Crippen LogP contribution in [-0.2, 0) is 12.8 Å². The number of H-pyrrole nitrogens is 2. The van der Waals surface area contributed by atoms with Gasteiger partial charge in [-0.3, -0.25) is 14.4 Å². The second-order valence-corrected chi connectivity index (χ2v) is 13.8. The fraction of sp³-hybridized carbons (Fsp3) is 0.0870. The van der Waals surface area contributed by atoms with Gasteiger partial charge in [-0.2, -0.15) is 0 Å². The monoisotopic (exact) mass is 782 g/mol. The van der Waals surface area contributed by atoms with Crippen molar-refractivity contribution >= 4 is 56.9 Å². The summed E-state index contributed by atoms with van der Waals surface area (Å²) < 4.78 is 0. The Kier molecular flexibility index (Phi) is 10.6. The van der Waals surface area contributed by atoms with Crippen LogP contribution in [0.25, 0.3) is 44.3 Å². The molecule has 4 aromatic carbocycles. The molecule has 8 aromatic rings. The second kappa shape index (κ2) is 16.6. The van der Waals surface area contributed by atoms with Crippen LogP contribution in [0.2, 0.25) is 0 Å². The van der Waals surface area contributed by atoms with E-state index in [1.54, 1.807) is 18.2 Å². The maximum Gasteiger partial charge on any atom is 0.354 e. The number of fused-ring (bicyclic) bond motifs is 4. The Morgan fingerprint density at radius 1 is 0.576 bits per heavy atom. The molecule has 13 heteroatoms. The fourth-order valence-corrected chi connectivity index (χ4v) is 7.02. The van der Waals surface area contributed by atoms with Crippen molar-refractivity contribution in [1.29, 1.82) is 0 Å². The van der Waals surface area contributed by atoms with E-state index in [9.17, 15) is 19.2 Å². The van der Waals surface area contributed by atoms with Gasteiger partial charge >= 0.3 is 5.97 Å². The number of nitrogens with two attached hydrogens (primary N) is 1. The molecular formula is C46H38N8O5. The number of amides is 3. The van der Waals surface area contributed by atoms with Crippen LogP contribution in [0, 0.1) is 0 Å². The van der Waals surface area contributed by atoms with Crippen LogP contribution >= 0.6 is 0 Å². The molecule has 0 atom stereocenters. The summed E-state index contributed by atoms with van der Waals surface area (Å²) in [5.41, 5.74) is 14.9. The highest BCUT2D eigenvalue weighted by molar-refractivity contribution is 6.06. The Morgan fingerprint density at radius 2 is 1.07 bits per heavy atom. The number of carbonyl (C=O) groups is 4. The van der Waals surface area contributed by atoms with Gasteiger partial charge in [-0.25, -0.2) is 14.8 Å². The molecule has 0 saturated heterocycles. The Bertz CT molecular complexity index is 2870. The van der Waals surface area contributed by atoms with Crippen molar-refractivity contribution in [2.45, 2.75) is 12.8 Å². The minimum atomic E-state index is -1.06. The van der Waals surface area contributed by atoms with Crippen molar-refractivity contribution in [3.05, 3.63) is 167 Å². The molecule has 10 rings (SSSR count).